The third-order valence-corrected chi connectivity index (χ3v) is 4.40. The Bertz CT molecular complexity index is 506. The number of carbonyl (C=O) groups is 1. The van der Waals surface area contributed by atoms with Gasteiger partial charge in [0.1, 0.15) is 4.88 Å². The number of nitrogens with one attached hydrogen (secondary N) is 1. The van der Waals surface area contributed by atoms with E-state index in [2.05, 4.69) is 37.9 Å². The predicted molar refractivity (Wildman–Crippen MR) is 83.6 cm³/mol. The van der Waals surface area contributed by atoms with Crippen molar-refractivity contribution in [2.24, 2.45) is 0 Å². The number of rotatable bonds is 2. The van der Waals surface area contributed by atoms with E-state index in [1.165, 1.54) is 11.3 Å². The van der Waals surface area contributed by atoms with E-state index in [9.17, 15) is 4.79 Å². The standard InChI is InChI=1S/C14H23N3O2S/c1-13(2)7-17(8-14(3,4)19-13)10-6-9(15)11(20-10)12(18)16-5/h6H,7-8,15H2,1-5H3,(H,16,18). The smallest absolute Gasteiger partial charge is 0.263 e. The van der Waals surface area contributed by atoms with Crippen LogP contribution in [0.4, 0.5) is 10.7 Å². The number of nitrogen functional groups attached to an aromatic ring is 1. The molecule has 0 aromatic carbocycles. The fourth-order valence-corrected chi connectivity index (χ4v) is 3.81. The lowest BCUT2D eigenvalue weighted by Gasteiger charge is -2.47. The van der Waals surface area contributed by atoms with Gasteiger partial charge >= 0.3 is 0 Å². The molecule has 1 aromatic heterocycles. The van der Waals surface area contributed by atoms with Gasteiger partial charge in [-0.25, -0.2) is 0 Å². The lowest BCUT2D eigenvalue weighted by atomic mass is 9.99. The first-order chi connectivity index (χ1) is 9.13. The fourth-order valence-electron chi connectivity index (χ4n) is 2.78. The highest BCUT2D eigenvalue weighted by molar-refractivity contribution is 7.18. The summed E-state index contributed by atoms with van der Waals surface area (Å²) < 4.78 is 6.07. The van der Waals surface area contributed by atoms with Crippen molar-refractivity contribution in [3.8, 4) is 0 Å². The van der Waals surface area contributed by atoms with Gasteiger partial charge in [-0.05, 0) is 33.8 Å². The Morgan fingerprint density at radius 3 is 2.40 bits per heavy atom. The monoisotopic (exact) mass is 297 g/mol. The van der Waals surface area contributed by atoms with Gasteiger partial charge in [0, 0.05) is 20.1 Å². The highest BCUT2D eigenvalue weighted by atomic mass is 32.1. The molecule has 1 aliphatic rings. The summed E-state index contributed by atoms with van der Waals surface area (Å²) in [6, 6.07) is 1.88. The Labute approximate surface area is 124 Å². The van der Waals surface area contributed by atoms with E-state index in [0.29, 0.717) is 10.6 Å². The minimum Gasteiger partial charge on any atom is -0.397 e. The van der Waals surface area contributed by atoms with E-state index >= 15 is 0 Å². The Hall–Kier alpha value is -1.27. The van der Waals surface area contributed by atoms with Crippen LogP contribution in [0.5, 0.6) is 0 Å². The summed E-state index contributed by atoms with van der Waals surface area (Å²) in [5.41, 5.74) is 6.03. The number of morpholine rings is 1. The van der Waals surface area contributed by atoms with E-state index in [1.54, 1.807) is 7.05 Å². The lowest BCUT2D eigenvalue weighted by Crippen LogP contribution is -2.57. The number of hydrogen-bond acceptors (Lipinski definition) is 5. The minimum absolute atomic E-state index is 0.134. The second-order valence-electron chi connectivity index (χ2n) is 6.43. The molecule has 2 heterocycles. The number of thiophene rings is 1. The third kappa shape index (κ3) is 3.07. The summed E-state index contributed by atoms with van der Waals surface area (Å²) in [7, 11) is 1.61. The summed E-state index contributed by atoms with van der Waals surface area (Å²) in [5.74, 6) is -0.134. The van der Waals surface area contributed by atoms with Gasteiger partial charge in [0.25, 0.3) is 5.91 Å². The van der Waals surface area contributed by atoms with Gasteiger partial charge in [0.15, 0.2) is 0 Å². The largest absolute Gasteiger partial charge is 0.397 e. The second-order valence-corrected chi connectivity index (χ2v) is 7.46. The molecule has 0 radical (unpaired) electrons. The SMILES string of the molecule is CNC(=O)c1sc(N2CC(C)(C)OC(C)(C)C2)cc1N. The molecule has 1 amide bonds. The molecular formula is C14H23N3O2S. The molecule has 1 saturated heterocycles. The van der Waals surface area contributed by atoms with Gasteiger partial charge in [0.05, 0.1) is 21.9 Å². The molecule has 20 heavy (non-hydrogen) atoms. The number of amides is 1. The van der Waals surface area contributed by atoms with Crippen LogP contribution in [-0.4, -0.2) is 37.2 Å². The predicted octanol–water partition coefficient (Wildman–Crippen LogP) is 2.08. The summed E-state index contributed by atoms with van der Waals surface area (Å²) in [5, 5.41) is 3.64. The molecule has 0 atom stereocenters. The van der Waals surface area contributed by atoms with Gasteiger partial charge in [-0.15, -0.1) is 11.3 Å². The Morgan fingerprint density at radius 2 is 1.90 bits per heavy atom. The Balaban J connectivity index is 2.29. The summed E-state index contributed by atoms with van der Waals surface area (Å²) in [6.07, 6.45) is 0. The highest BCUT2D eigenvalue weighted by Gasteiger charge is 2.38. The number of nitrogens with two attached hydrogens (primary N) is 1. The number of nitrogens with zero attached hydrogens (tertiary/aromatic N) is 1. The third-order valence-electron chi connectivity index (χ3n) is 3.19. The molecule has 0 spiro atoms. The van der Waals surface area contributed by atoms with Crippen molar-refractivity contribution in [3.63, 3.8) is 0 Å². The Kier molecular flexibility index (Phi) is 3.73. The number of anilines is 2. The molecule has 0 unspecified atom stereocenters. The molecule has 2 rings (SSSR count). The van der Waals surface area contributed by atoms with Crippen LogP contribution in [0.1, 0.15) is 37.4 Å². The first kappa shape index (κ1) is 15.1. The quantitative estimate of drug-likeness (QED) is 0.877. The average Bonchev–Trinajstić information content (AvgIpc) is 2.66. The van der Waals surface area contributed by atoms with E-state index < -0.39 is 0 Å². The molecular weight excluding hydrogens is 274 g/mol. The van der Waals surface area contributed by atoms with Gasteiger partial charge in [-0.2, -0.15) is 0 Å². The fraction of sp³-hybridized carbons (Fsp3) is 0.643. The number of ether oxygens (including phenoxy) is 1. The molecule has 3 N–H and O–H groups in total. The molecule has 112 valence electrons. The minimum atomic E-state index is -0.228. The maximum Gasteiger partial charge on any atom is 0.263 e. The van der Waals surface area contributed by atoms with E-state index in [0.717, 1.165) is 18.1 Å². The first-order valence-electron chi connectivity index (χ1n) is 6.70. The zero-order valence-corrected chi connectivity index (χ0v) is 13.6. The molecule has 1 aliphatic heterocycles. The van der Waals surface area contributed by atoms with Gasteiger partial charge in [-0.1, -0.05) is 0 Å². The van der Waals surface area contributed by atoms with Crippen LogP contribution in [0.25, 0.3) is 0 Å². The maximum absolute atomic E-state index is 11.8. The topological polar surface area (TPSA) is 67.6 Å². The van der Waals surface area contributed by atoms with Crippen LogP contribution in [0.15, 0.2) is 6.07 Å². The first-order valence-corrected chi connectivity index (χ1v) is 7.52. The molecule has 1 aromatic rings. The van der Waals surface area contributed by atoms with E-state index in [4.69, 9.17) is 10.5 Å². The van der Waals surface area contributed by atoms with Crippen molar-refractivity contribution >= 4 is 27.9 Å². The number of hydrogen-bond donors (Lipinski definition) is 2. The zero-order chi connectivity index (χ0) is 15.1. The van der Waals surface area contributed by atoms with Crippen molar-refractivity contribution in [1.29, 1.82) is 0 Å². The van der Waals surface area contributed by atoms with E-state index in [1.807, 2.05) is 6.07 Å². The van der Waals surface area contributed by atoms with Crippen molar-refractivity contribution in [1.82, 2.24) is 5.32 Å². The highest BCUT2D eigenvalue weighted by Crippen LogP contribution is 2.37. The van der Waals surface area contributed by atoms with Crippen LogP contribution in [0.3, 0.4) is 0 Å². The molecule has 6 heteroatoms. The van der Waals surface area contributed by atoms with E-state index in [-0.39, 0.29) is 17.1 Å². The van der Waals surface area contributed by atoms with Crippen LogP contribution in [-0.2, 0) is 4.74 Å². The second kappa shape index (κ2) is 4.93. The van der Waals surface area contributed by atoms with Crippen molar-refractivity contribution < 1.29 is 9.53 Å². The van der Waals surface area contributed by atoms with Gasteiger partial charge in [-0.3, -0.25) is 4.79 Å². The molecule has 1 fully saturated rings. The van der Waals surface area contributed by atoms with Crippen molar-refractivity contribution in [2.45, 2.75) is 38.9 Å². The Morgan fingerprint density at radius 1 is 1.35 bits per heavy atom. The summed E-state index contributed by atoms with van der Waals surface area (Å²) in [6.45, 7) is 9.89. The molecule has 0 aliphatic carbocycles. The van der Waals surface area contributed by atoms with Crippen LogP contribution < -0.4 is 16.0 Å². The molecule has 0 bridgehead atoms. The van der Waals surface area contributed by atoms with Crippen molar-refractivity contribution in [2.75, 3.05) is 30.8 Å². The van der Waals surface area contributed by atoms with Crippen LogP contribution in [0.2, 0.25) is 0 Å². The average molecular weight is 297 g/mol. The maximum atomic E-state index is 11.8. The normalized spacial score (nSPS) is 20.8. The summed E-state index contributed by atoms with van der Waals surface area (Å²) in [4.78, 5) is 14.6. The number of carbonyl (C=O) groups excluding carboxylic acids is 1. The van der Waals surface area contributed by atoms with Crippen LogP contribution >= 0.6 is 11.3 Å². The molecule has 0 saturated carbocycles. The van der Waals surface area contributed by atoms with Gasteiger partial charge in [0.2, 0.25) is 0 Å². The summed E-state index contributed by atoms with van der Waals surface area (Å²) >= 11 is 1.43. The lowest BCUT2D eigenvalue weighted by molar-refractivity contribution is -0.132. The molecule has 5 nitrogen and oxygen atoms in total. The van der Waals surface area contributed by atoms with Gasteiger partial charge < -0.3 is 20.7 Å². The van der Waals surface area contributed by atoms with Crippen LogP contribution in [0, 0.1) is 0 Å². The zero-order valence-electron chi connectivity index (χ0n) is 12.7. The van der Waals surface area contributed by atoms with Crippen molar-refractivity contribution in [3.05, 3.63) is 10.9 Å².